The molecular formula is C61H74N10O4. The summed E-state index contributed by atoms with van der Waals surface area (Å²) >= 11 is 0. The Hall–Kier alpha value is -7.42. The van der Waals surface area contributed by atoms with Gasteiger partial charge in [0.25, 0.3) is 0 Å². The first-order valence-electron chi connectivity index (χ1n) is 27.0. The quantitative estimate of drug-likeness (QED) is 0.0607. The van der Waals surface area contributed by atoms with E-state index in [2.05, 4.69) is 188 Å². The normalized spacial score (nSPS) is 17.4. The van der Waals surface area contributed by atoms with Crippen LogP contribution in [0.15, 0.2) is 168 Å². The van der Waals surface area contributed by atoms with E-state index in [-0.39, 0.29) is 31.1 Å². The molecule has 392 valence electrons. The molecule has 4 atom stereocenters. The van der Waals surface area contributed by atoms with Gasteiger partial charge in [-0.3, -0.25) is 10.0 Å². The van der Waals surface area contributed by atoms with Crippen LogP contribution in [0.4, 0.5) is 34.1 Å². The lowest BCUT2D eigenvalue weighted by Crippen LogP contribution is -2.46. The molecule has 75 heavy (non-hydrogen) atoms. The van der Waals surface area contributed by atoms with Crippen molar-refractivity contribution in [1.29, 1.82) is 0 Å². The number of piperazine rings is 2. The average Bonchev–Trinajstić information content (AvgIpc) is 4.17. The molecule has 0 radical (unpaired) electrons. The summed E-state index contributed by atoms with van der Waals surface area (Å²) in [6.45, 7) is 19.1. The lowest BCUT2D eigenvalue weighted by molar-refractivity contribution is -0.0111. The van der Waals surface area contributed by atoms with E-state index >= 15 is 0 Å². The Labute approximate surface area is 444 Å². The number of hydrogen-bond donors (Lipinski definition) is 0. The van der Waals surface area contributed by atoms with Gasteiger partial charge >= 0.3 is 0 Å². The van der Waals surface area contributed by atoms with Gasteiger partial charge in [-0.05, 0) is 135 Å². The smallest absolute Gasteiger partial charge is 0.230 e. The highest BCUT2D eigenvalue weighted by molar-refractivity contribution is 5.81. The Kier molecular flexibility index (Phi) is 16.9. The van der Waals surface area contributed by atoms with Crippen LogP contribution in [0.2, 0.25) is 0 Å². The van der Waals surface area contributed by atoms with Crippen LogP contribution >= 0.6 is 0 Å². The monoisotopic (exact) mass is 1010 g/mol. The van der Waals surface area contributed by atoms with Gasteiger partial charge in [0, 0.05) is 86.5 Å². The van der Waals surface area contributed by atoms with Crippen molar-refractivity contribution in [2.75, 3.05) is 102 Å². The molecule has 0 N–H and O–H groups in total. The summed E-state index contributed by atoms with van der Waals surface area (Å²) in [6, 6.07) is 55.6. The summed E-state index contributed by atoms with van der Waals surface area (Å²) in [6.07, 6.45) is 5.91. The molecule has 2 fully saturated rings. The first-order valence-corrected chi connectivity index (χ1v) is 27.0. The topological polar surface area (TPSA) is 87.6 Å². The number of nitrogens with zero attached hydrogens (tertiary/aromatic N) is 10. The molecule has 0 aliphatic carbocycles. The predicted molar refractivity (Wildman–Crippen MR) is 306 cm³/mol. The van der Waals surface area contributed by atoms with Crippen LogP contribution in [0.5, 0.6) is 11.5 Å². The van der Waals surface area contributed by atoms with Gasteiger partial charge < -0.3 is 48.3 Å². The van der Waals surface area contributed by atoms with Crippen molar-refractivity contribution in [3.8, 4) is 11.5 Å². The second kappa shape index (κ2) is 24.7. The average molecular weight is 1010 g/mol. The molecule has 2 saturated heterocycles. The van der Waals surface area contributed by atoms with Gasteiger partial charge in [0.2, 0.25) is 6.79 Å². The van der Waals surface area contributed by atoms with E-state index in [1.165, 1.54) is 33.9 Å². The van der Waals surface area contributed by atoms with Crippen molar-refractivity contribution in [1.82, 2.24) is 10.0 Å². The summed E-state index contributed by atoms with van der Waals surface area (Å²) < 4.78 is 24.6. The molecule has 4 aliphatic heterocycles. The van der Waals surface area contributed by atoms with Crippen molar-refractivity contribution in [3.63, 3.8) is 0 Å². The van der Waals surface area contributed by atoms with E-state index in [9.17, 15) is 0 Å². The van der Waals surface area contributed by atoms with Crippen LogP contribution in [0, 0.1) is 0 Å². The van der Waals surface area contributed by atoms with Gasteiger partial charge in [-0.15, -0.1) is 0 Å². The van der Waals surface area contributed by atoms with Crippen LogP contribution in [0.25, 0.3) is 0 Å². The highest BCUT2D eigenvalue weighted by Crippen LogP contribution is 2.30. The predicted octanol–water partition coefficient (Wildman–Crippen LogP) is 10.6. The van der Waals surface area contributed by atoms with Gasteiger partial charge in [0.15, 0.2) is 0 Å². The summed E-state index contributed by atoms with van der Waals surface area (Å²) in [5, 5.41) is 13.9. The number of anilines is 6. The van der Waals surface area contributed by atoms with Gasteiger partial charge in [-0.2, -0.15) is 10.2 Å². The minimum Gasteiger partial charge on any atom is -0.458 e. The molecule has 0 spiro atoms. The summed E-state index contributed by atoms with van der Waals surface area (Å²) in [5.41, 5.74) is 9.55. The molecule has 14 nitrogen and oxygen atoms in total. The minimum absolute atomic E-state index is 0.0548. The van der Waals surface area contributed by atoms with Crippen LogP contribution < -0.4 is 38.9 Å². The largest absolute Gasteiger partial charge is 0.458 e. The van der Waals surface area contributed by atoms with Crippen LogP contribution in [0.3, 0.4) is 0 Å². The fraction of sp³-hybridized carbons (Fsp3) is 0.377. The van der Waals surface area contributed by atoms with E-state index in [0.29, 0.717) is 26.6 Å². The third kappa shape index (κ3) is 12.9. The molecule has 6 aromatic rings. The highest BCUT2D eigenvalue weighted by Gasteiger charge is 2.30. The van der Waals surface area contributed by atoms with Crippen LogP contribution in [-0.4, -0.2) is 119 Å². The number of benzene rings is 6. The van der Waals surface area contributed by atoms with Crippen molar-refractivity contribution in [2.45, 2.75) is 78.0 Å². The fourth-order valence-corrected chi connectivity index (χ4v) is 10.6. The third-order valence-corrected chi connectivity index (χ3v) is 15.2. The molecule has 4 aliphatic rings. The Balaban J connectivity index is 0.608. The Bertz CT molecular complexity index is 2530. The van der Waals surface area contributed by atoms with Crippen LogP contribution in [-0.2, 0) is 22.7 Å². The van der Waals surface area contributed by atoms with Gasteiger partial charge in [-0.25, -0.2) is 0 Å². The maximum Gasteiger partial charge on any atom is 0.230 e. The molecule has 4 heterocycles. The van der Waals surface area contributed by atoms with E-state index in [4.69, 9.17) is 29.2 Å². The van der Waals surface area contributed by atoms with Crippen molar-refractivity contribution >= 4 is 46.8 Å². The van der Waals surface area contributed by atoms with E-state index in [1.807, 2.05) is 49.1 Å². The zero-order chi connectivity index (χ0) is 51.3. The first kappa shape index (κ1) is 51.1. The fourth-order valence-electron chi connectivity index (χ4n) is 10.6. The molecule has 0 saturated carbocycles. The second-order valence-corrected chi connectivity index (χ2v) is 19.9. The van der Waals surface area contributed by atoms with Crippen molar-refractivity contribution in [3.05, 3.63) is 169 Å². The summed E-state index contributed by atoms with van der Waals surface area (Å²) in [4.78, 5) is 14.3. The standard InChI is InChI=1S/C61H74N10O4/c1-5-60(48(3)72-41-50-13-9-7-10-14-50)70-45-68(43-62-70)56-21-17-52(18-22-56)64-33-37-66(38-34-64)54-25-29-58(30-26-54)74-47-75-59-31-27-55(28-32-59)67-39-35-65(36-40-67)53-19-23-57(24-20-53)69-44-63-71(46-69)61(6-2)49(4)73-42-51-15-11-8-12-16-51/h7-32,43-44,48-49,60-61H,5-6,33-42,45-47H2,1-4H3/t48-,49-,60-,61-/m0/s1. The first-order chi connectivity index (χ1) is 36.9. The second-order valence-electron chi connectivity index (χ2n) is 19.9. The van der Waals surface area contributed by atoms with Gasteiger partial charge in [0.1, 0.15) is 37.5 Å². The number of hydrogen-bond acceptors (Lipinski definition) is 14. The SMILES string of the molecule is CC[C@@H]([C@H](C)OCc1ccccc1)N1CN(c2ccc(N3CCN(c4ccc(OCOc5ccc(N6CCN(c7ccc(N8C=NN([C@@H](CC)[C@H](C)OCc9ccccc9)C8)cc7)CC6)cc5)cc4)CC3)cc2)C=N1. The molecule has 14 heteroatoms. The number of rotatable bonds is 22. The lowest BCUT2D eigenvalue weighted by Gasteiger charge is -2.37. The molecule has 6 aromatic carbocycles. The zero-order valence-corrected chi connectivity index (χ0v) is 44.2. The van der Waals surface area contributed by atoms with E-state index in [0.717, 1.165) is 88.1 Å². The summed E-state index contributed by atoms with van der Waals surface area (Å²) in [7, 11) is 0. The van der Waals surface area contributed by atoms with Gasteiger partial charge in [0.05, 0.1) is 37.5 Å². The molecule has 10 rings (SSSR count). The van der Waals surface area contributed by atoms with E-state index < -0.39 is 0 Å². The summed E-state index contributed by atoms with van der Waals surface area (Å²) in [5.74, 6) is 1.58. The number of ether oxygens (including phenoxy) is 4. The molecule has 0 aromatic heterocycles. The Morgan fingerprint density at radius 2 is 0.707 bits per heavy atom. The highest BCUT2D eigenvalue weighted by atomic mass is 16.7. The third-order valence-electron chi connectivity index (χ3n) is 15.2. The maximum absolute atomic E-state index is 6.28. The maximum atomic E-state index is 6.28. The van der Waals surface area contributed by atoms with E-state index in [1.54, 1.807) is 0 Å². The molecule has 0 unspecified atom stereocenters. The number of hydrazone groups is 2. The molecule has 0 bridgehead atoms. The molecule has 0 amide bonds. The van der Waals surface area contributed by atoms with Crippen molar-refractivity contribution < 1.29 is 18.9 Å². The van der Waals surface area contributed by atoms with Crippen molar-refractivity contribution in [2.24, 2.45) is 10.2 Å². The van der Waals surface area contributed by atoms with Crippen LogP contribution in [0.1, 0.15) is 51.7 Å². The Morgan fingerprint density at radius 3 is 1.03 bits per heavy atom. The minimum atomic E-state index is 0.0548. The Morgan fingerprint density at radius 1 is 0.400 bits per heavy atom. The lowest BCUT2D eigenvalue weighted by atomic mass is 10.1. The molecular weight excluding hydrogens is 937 g/mol. The van der Waals surface area contributed by atoms with Gasteiger partial charge in [-0.1, -0.05) is 74.5 Å². The zero-order valence-electron chi connectivity index (χ0n) is 44.2.